The first-order valence-electron chi connectivity index (χ1n) is 13.5. The molecule has 2 fully saturated rings. The number of carbonyl (C=O) groups excluding carboxylic acids is 4. The summed E-state index contributed by atoms with van der Waals surface area (Å²) in [5, 5.41) is 2.75. The van der Waals surface area contributed by atoms with Gasteiger partial charge in [-0.1, -0.05) is 44.2 Å². The number of amides is 4. The average molecular weight is 593 g/mol. The van der Waals surface area contributed by atoms with Crippen molar-refractivity contribution in [2.24, 2.45) is 5.92 Å². The first-order chi connectivity index (χ1) is 19.8. The Hall–Kier alpha value is -4.16. The van der Waals surface area contributed by atoms with Gasteiger partial charge >= 0.3 is 12.3 Å². The van der Waals surface area contributed by atoms with E-state index in [2.05, 4.69) is 5.32 Å². The summed E-state index contributed by atoms with van der Waals surface area (Å²) in [6.07, 6.45) is -7.19. The Morgan fingerprint density at radius 1 is 1.07 bits per heavy atom. The minimum Gasteiger partial charge on any atom is -0.444 e. The third-order valence-electron chi connectivity index (χ3n) is 7.04. The van der Waals surface area contributed by atoms with E-state index in [1.807, 2.05) is 32.0 Å². The van der Waals surface area contributed by atoms with Crippen LogP contribution >= 0.6 is 0 Å². The highest BCUT2D eigenvalue weighted by Gasteiger charge is 2.49. The molecule has 0 spiro atoms. The third kappa shape index (κ3) is 7.37. The highest BCUT2D eigenvalue weighted by Crippen LogP contribution is 2.31. The summed E-state index contributed by atoms with van der Waals surface area (Å²) in [5.74, 6) is -2.27. The number of ether oxygens (including phenoxy) is 1. The molecule has 42 heavy (non-hydrogen) atoms. The van der Waals surface area contributed by atoms with Gasteiger partial charge in [-0.3, -0.25) is 19.3 Å². The number of nitrogens with zero attached hydrogens (tertiary/aromatic N) is 3. The molecule has 2 aliphatic rings. The van der Waals surface area contributed by atoms with Gasteiger partial charge in [-0.2, -0.15) is 13.2 Å². The van der Waals surface area contributed by atoms with Gasteiger partial charge in [0, 0.05) is 26.1 Å². The molecule has 2 heterocycles. The van der Waals surface area contributed by atoms with Crippen LogP contribution in [0.1, 0.15) is 43.4 Å². The number of hydrogen-bond acceptors (Lipinski definition) is 5. The van der Waals surface area contributed by atoms with Gasteiger partial charge in [0.2, 0.25) is 17.7 Å². The lowest BCUT2D eigenvalue weighted by Gasteiger charge is -2.51. The van der Waals surface area contributed by atoms with Gasteiger partial charge in [-0.25, -0.2) is 9.18 Å². The van der Waals surface area contributed by atoms with Crippen molar-refractivity contribution in [1.29, 1.82) is 0 Å². The van der Waals surface area contributed by atoms with Crippen molar-refractivity contribution in [3.8, 4) is 0 Å². The number of benzene rings is 2. The molecule has 2 aromatic carbocycles. The van der Waals surface area contributed by atoms with E-state index >= 15 is 0 Å². The fourth-order valence-corrected chi connectivity index (χ4v) is 5.03. The molecular weight excluding hydrogens is 560 g/mol. The zero-order valence-electron chi connectivity index (χ0n) is 23.2. The molecule has 13 heteroatoms. The number of piperazine rings is 1. The molecule has 0 aromatic heterocycles. The number of rotatable bonds is 8. The van der Waals surface area contributed by atoms with Crippen LogP contribution in [-0.2, 0) is 38.4 Å². The Kier molecular flexibility index (Phi) is 9.37. The van der Waals surface area contributed by atoms with Crippen LogP contribution in [0.4, 0.5) is 22.4 Å². The van der Waals surface area contributed by atoms with Crippen molar-refractivity contribution in [3.63, 3.8) is 0 Å². The summed E-state index contributed by atoms with van der Waals surface area (Å²) in [6.45, 7) is 3.56. The molecule has 4 rings (SSSR count). The average Bonchev–Trinajstić information content (AvgIpc) is 2.92. The van der Waals surface area contributed by atoms with Gasteiger partial charge in [-0.05, 0) is 35.2 Å². The van der Waals surface area contributed by atoms with Crippen LogP contribution in [0.25, 0.3) is 0 Å². The maximum absolute atomic E-state index is 13.8. The van der Waals surface area contributed by atoms with Crippen LogP contribution in [0.5, 0.6) is 0 Å². The Morgan fingerprint density at radius 2 is 1.79 bits per heavy atom. The van der Waals surface area contributed by atoms with Gasteiger partial charge in [0.25, 0.3) is 0 Å². The fourth-order valence-electron chi connectivity index (χ4n) is 5.03. The highest BCUT2D eigenvalue weighted by atomic mass is 19.4. The lowest BCUT2D eigenvalue weighted by molar-refractivity contribution is -0.169. The van der Waals surface area contributed by atoms with Crippen LogP contribution < -0.4 is 5.32 Å². The molecule has 1 N–H and O–H groups in total. The van der Waals surface area contributed by atoms with E-state index < -0.39 is 60.2 Å². The Labute approximate surface area is 240 Å². The van der Waals surface area contributed by atoms with Crippen molar-refractivity contribution in [1.82, 2.24) is 20.0 Å². The first kappa shape index (κ1) is 30.8. The monoisotopic (exact) mass is 592 g/mol. The summed E-state index contributed by atoms with van der Waals surface area (Å²) >= 11 is 0. The standard InChI is InChI=1S/C29H32F4N4O5/c1-18(2)14-34-24(38)13-23-27(40)35(15-19-6-4-3-5-7-19)16-25-36(9-8-26(39)37(23)25)28(41)42-17-20-10-21(29(31,32)33)12-22(30)11-20/h3-7,10-12,18,23,25H,8-9,13-17H2,1-2H3,(H,34,38)/t23-,25+/m0/s1. The lowest BCUT2D eigenvalue weighted by atomic mass is 10.00. The SMILES string of the molecule is CC(C)CNC(=O)C[C@H]1C(=O)N(Cc2ccccc2)C[C@@H]2N(C(=O)OCc3cc(F)cc(C(F)(F)F)c3)CCC(=O)N21. The van der Waals surface area contributed by atoms with Crippen LogP contribution in [0.2, 0.25) is 0 Å². The topological polar surface area (TPSA) is 99.3 Å². The quantitative estimate of drug-likeness (QED) is 0.469. The van der Waals surface area contributed by atoms with Crippen LogP contribution in [0.15, 0.2) is 48.5 Å². The second kappa shape index (κ2) is 12.8. The van der Waals surface area contributed by atoms with Gasteiger partial charge in [0.15, 0.2) is 0 Å². The number of carbonyl (C=O) groups is 4. The molecule has 0 unspecified atom stereocenters. The number of hydrogen-bond donors (Lipinski definition) is 1. The van der Waals surface area contributed by atoms with Crippen molar-refractivity contribution in [2.45, 2.75) is 58.2 Å². The van der Waals surface area contributed by atoms with Crippen molar-refractivity contribution < 1.29 is 41.5 Å². The number of nitrogens with one attached hydrogen (secondary N) is 1. The van der Waals surface area contributed by atoms with Gasteiger partial charge < -0.3 is 19.9 Å². The molecule has 0 aliphatic carbocycles. The Balaban J connectivity index is 1.57. The van der Waals surface area contributed by atoms with E-state index in [1.165, 1.54) is 14.7 Å². The molecule has 2 aromatic rings. The number of fused-ring (bicyclic) bond motifs is 1. The van der Waals surface area contributed by atoms with E-state index in [0.29, 0.717) is 18.7 Å². The molecular formula is C29H32F4N4O5. The van der Waals surface area contributed by atoms with E-state index in [0.717, 1.165) is 11.6 Å². The van der Waals surface area contributed by atoms with Crippen molar-refractivity contribution >= 4 is 23.8 Å². The van der Waals surface area contributed by atoms with E-state index in [1.54, 1.807) is 12.1 Å². The smallest absolute Gasteiger partial charge is 0.416 e. The molecule has 4 amide bonds. The normalized spacial score (nSPS) is 19.2. The van der Waals surface area contributed by atoms with Crippen molar-refractivity contribution in [3.05, 3.63) is 71.0 Å². The van der Waals surface area contributed by atoms with Gasteiger partial charge in [0.05, 0.1) is 18.5 Å². The summed E-state index contributed by atoms with van der Waals surface area (Å²) in [7, 11) is 0. The maximum atomic E-state index is 13.8. The van der Waals surface area contributed by atoms with Gasteiger partial charge in [-0.15, -0.1) is 0 Å². The molecule has 0 bridgehead atoms. The zero-order chi connectivity index (χ0) is 30.6. The summed E-state index contributed by atoms with van der Waals surface area (Å²) < 4.78 is 58.5. The van der Waals surface area contributed by atoms with Gasteiger partial charge in [0.1, 0.15) is 24.6 Å². The lowest BCUT2D eigenvalue weighted by Crippen LogP contribution is -2.71. The molecule has 2 atom stereocenters. The maximum Gasteiger partial charge on any atom is 0.416 e. The number of halogens is 4. The molecule has 9 nitrogen and oxygen atoms in total. The minimum absolute atomic E-state index is 0.0726. The predicted molar refractivity (Wildman–Crippen MR) is 142 cm³/mol. The van der Waals surface area contributed by atoms with E-state index in [-0.39, 0.29) is 44.0 Å². The predicted octanol–water partition coefficient (Wildman–Crippen LogP) is 3.91. The summed E-state index contributed by atoms with van der Waals surface area (Å²) in [6, 6.07) is 9.74. The molecule has 2 saturated heterocycles. The van der Waals surface area contributed by atoms with Crippen LogP contribution in [0, 0.1) is 11.7 Å². The number of alkyl halides is 3. The second-order valence-corrected chi connectivity index (χ2v) is 10.7. The fraction of sp³-hybridized carbons (Fsp3) is 0.448. The second-order valence-electron chi connectivity index (χ2n) is 10.7. The molecule has 2 aliphatic heterocycles. The summed E-state index contributed by atoms with van der Waals surface area (Å²) in [5.41, 5.74) is -0.626. The first-order valence-corrected chi connectivity index (χ1v) is 13.5. The molecule has 0 radical (unpaired) electrons. The largest absolute Gasteiger partial charge is 0.444 e. The highest BCUT2D eigenvalue weighted by molar-refractivity contribution is 5.94. The molecule has 0 saturated carbocycles. The Bertz CT molecular complexity index is 1320. The third-order valence-corrected chi connectivity index (χ3v) is 7.04. The van der Waals surface area contributed by atoms with Crippen molar-refractivity contribution in [2.75, 3.05) is 19.6 Å². The minimum atomic E-state index is -4.79. The van der Waals surface area contributed by atoms with Crippen LogP contribution in [-0.4, -0.2) is 70.4 Å². The summed E-state index contributed by atoms with van der Waals surface area (Å²) in [4.78, 5) is 56.6. The molecule has 226 valence electrons. The van der Waals surface area contributed by atoms with Crippen LogP contribution in [0.3, 0.4) is 0 Å². The van der Waals surface area contributed by atoms with E-state index in [9.17, 15) is 36.7 Å². The zero-order valence-corrected chi connectivity index (χ0v) is 23.2. The Morgan fingerprint density at radius 3 is 2.45 bits per heavy atom. The van der Waals surface area contributed by atoms with E-state index in [4.69, 9.17) is 4.74 Å².